The number of ether oxygens (including phenoxy) is 1. The summed E-state index contributed by atoms with van der Waals surface area (Å²) in [5, 5.41) is 12.0. The van der Waals surface area contributed by atoms with E-state index >= 15 is 0 Å². The van der Waals surface area contributed by atoms with E-state index in [4.69, 9.17) is 4.74 Å². The van der Waals surface area contributed by atoms with Gasteiger partial charge in [0.15, 0.2) is 0 Å². The second-order valence-electron chi connectivity index (χ2n) is 7.57. The zero-order chi connectivity index (χ0) is 18.5. The van der Waals surface area contributed by atoms with Gasteiger partial charge in [-0.2, -0.15) is 0 Å². The van der Waals surface area contributed by atoms with Crippen LogP contribution >= 0.6 is 0 Å². The maximum absolute atomic E-state index is 13.0. The van der Waals surface area contributed by atoms with Crippen molar-refractivity contribution in [3.8, 4) is 0 Å². The molecule has 0 saturated carbocycles. The predicted octanol–water partition coefficient (Wildman–Crippen LogP) is 3.76. The fourth-order valence-corrected chi connectivity index (χ4v) is 2.26. The number of benzene rings is 1. The van der Waals surface area contributed by atoms with Crippen LogP contribution in [-0.2, 0) is 16.0 Å². The van der Waals surface area contributed by atoms with Crippen molar-refractivity contribution in [2.45, 2.75) is 59.1 Å². The number of hydrogen-bond acceptors (Lipinski definition) is 3. The molecule has 0 heterocycles. The molecule has 2 N–H and O–H groups in total. The molecule has 6 heteroatoms. The molecule has 1 atom stereocenters. The Bertz CT molecular complexity index is 576. The first-order valence-corrected chi connectivity index (χ1v) is 7.86. The average molecular weight is 339 g/mol. The third kappa shape index (κ3) is 6.98. The maximum Gasteiger partial charge on any atom is 0.407 e. The van der Waals surface area contributed by atoms with Gasteiger partial charge in [-0.05, 0) is 65.2 Å². The SMILES string of the molecule is CC(C)(C)OC(=O)NC(Cc1ccc(F)cc1)CC(C)(C)C(=O)O. The van der Waals surface area contributed by atoms with Crippen molar-refractivity contribution in [3.05, 3.63) is 35.6 Å². The minimum atomic E-state index is -1.01. The van der Waals surface area contributed by atoms with E-state index < -0.39 is 29.1 Å². The molecule has 1 amide bonds. The molecule has 24 heavy (non-hydrogen) atoms. The molecular formula is C18H26FNO4. The van der Waals surface area contributed by atoms with Crippen molar-refractivity contribution in [3.63, 3.8) is 0 Å². The van der Waals surface area contributed by atoms with Crippen molar-refractivity contribution in [2.75, 3.05) is 0 Å². The van der Waals surface area contributed by atoms with Crippen LogP contribution in [0.1, 0.15) is 46.6 Å². The third-order valence-electron chi connectivity index (χ3n) is 3.45. The van der Waals surface area contributed by atoms with E-state index in [1.54, 1.807) is 46.8 Å². The van der Waals surface area contributed by atoms with Crippen LogP contribution < -0.4 is 5.32 Å². The van der Waals surface area contributed by atoms with Crippen molar-refractivity contribution >= 4 is 12.1 Å². The fourth-order valence-electron chi connectivity index (χ4n) is 2.26. The van der Waals surface area contributed by atoms with Gasteiger partial charge in [-0.1, -0.05) is 12.1 Å². The van der Waals surface area contributed by atoms with Crippen molar-refractivity contribution in [1.82, 2.24) is 5.32 Å². The number of aliphatic carboxylic acids is 1. The van der Waals surface area contributed by atoms with Crippen LogP contribution in [0.3, 0.4) is 0 Å². The number of carboxylic acid groups (broad SMARTS) is 1. The molecule has 0 bridgehead atoms. The number of nitrogens with one attached hydrogen (secondary N) is 1. The van der Waals surface area contributed by atoms with E-state index in [1.807, 2.05) is 0 Å². The van der Waals surface area contributed by atoms with E-state index in [0.717, 1.165) is 5.56 Å². The van der Waals surface area contributed by atoms with E-state index in [9.17, 15) is 19.1 Å². The van der Waals surface area contributed by atoms with Crippen molar-refractivity contribution in [1.29, 1.82) is 0 Å². The normalized spacial score (nSPS) is 13.2. The Morgan fingerprint density at radius 1 is 1.17 bits per heavy atom. The molecule has 0 fully saturated rings. The predicted molar refractivity (Wildman–Crippen MR) is 89.3 cm³/mol. The number of rotatable bonds is 6. The van der Waals surface area contributed by atoms with E-state index in [1.165, 1.54) is 12.1 Å². The molecular weight excluding hydrogens is 313 g/mol. The summed E-state index contributed by atoms with van der Waals surface area (Å²) in [6.45, 7) is 8.46. The van der Waals surface area contributed by atoms with Crippen molar-refractivity contribution < 1.29 is 23.8 Å². The topological polar surface area (TPSA) is 75.6 Å². The molecule has 1 aromatic rings. The average Bonchev–Trinajstić information content (AvgIpc) is 2.38. The number of carboxylic acids is 1. The highest BCUT2D eigenvalue weighted by molar-refractivity contribution is 5.74. The Balaban J connectivity index is 2.88. The van der Waals surface area contributed by atoms with Crippen LogP contribution in [0.25, 0.3) is 0 Å². The molecule has 1 unspecified atom stereocenters. The minimum absolute atomic E-state index is 0.221. The van der Waals surface area contributed by atoms with E-state index in [-0.39, 0.29) is 12.2 Å². The lowest BCUT2D eigenvalue weighted by atomic mass is 9.84. The van der Waals surface area contributed by atoms with Gasteiger partial charge in [0.25, 0.3) is 0 Å². The van der Waals surface area contributed by atoms with Crippen LogP contribution in [0.15, 0.2) is 24.3 Å². The van der Waals surface area contributed by atoms with Crippen LogP contribution in [-0.4, -0.2) is 28.8 Å². The Labute approximate surface area is 142 Å². The molecule has 0 saturated heterocycles. The fraction of sp³-hybridized carbons (Fsp3) is 0.556. The molecule has 0 aliphatic heterocycles. The number of hydrogen-bond donors (Lipinski definition) is 2. The highest BCUT2D eigenvalue weighted by Gasteiger charge is 2.32. The summed E-state index contributed by atoms with van der Waals surface area (Å²) in [5.74, 6) is -1.29. The van der Waals surface area contributed by atoms with Gasteiger partial charge in [-0.3, -0.25) is 4.79 Å². The van der Waals surface area contributed by atoms with E-state index in [2.05, 4.69) is 5.32 Å². The molecule has 5 nitrogen and oxygen atoms in total. The monoisotopic (exact) mass is 339 g/mol. The van der Waals surface area contributed by atoms with Crippen molar-refractivity contribution in [2.24, 2.45) is 5.41 Å². The molecule has 1 aromatic carbocycles. The maximum atomic E-state index is 13.0. The second kappa shape index (κ2) is 7.64. The van der Waals surface area contributed by atoms with Crippen LogP contribution in [0.2, 0.25) is 0 Å². The second-order valence-corrected chi connectivity index (χ2v) is 7.57. The number of carbonyl (C=O) groups excluding carboxylic acids is 1. The van der Waals surface area contributed by atoms with Gasteiger partial charge >= 0.3 is 12.1 Å². The van der Waals surface area contributed by atoms with Gasteiger partial charge < -0.3 is 15.2 Å². The lowest BCUT2D eigenvalue weighted by molar-refractivity contribution is -0.147. The molecule has 0 aromatic heterocycles. The third-order valence-corrected chi connectivity index (χ3v) is 3.45. The summed E-state index contributed by atoms with van der Waals surface area (Å²) in [6.07, 6.45) is 0.00522. The standard InChI is InChI=1S/C18H26FNO4/c1-17(2,3)24-16(23)20-14(11-18(4,5)15(21)22)10-12-6-8-13(19)9-7-12/h6-9,14H,10-11H2,1-5H3,(H,20,23)(H,21,22). The lowest BCUT2D eigenvalue weighted by Crippen LogP contribution is -2.43. The highest BCUT2D eigenvalue weighted by atomic mass is 19.1. The minimum Gasteiger partial charge on any atom is -0.481 e. The Kier molecular flexibility index (Phi) is 6.35. The first kappa shape index (κ1) is 19.9. The Morgan fingerprint density at radius 3 is 2.17 bits per heavy atom. The summed E-state index contributed by atoms with van der Waals surface area (Å²) in [7, 11) is 0. The zero-order valence-electron chi connectivity index (χ0n) is 14.9. The van der Waals surface area contributed by atoms with Gasteiger partial charge in [0.05, 0.1) is 5.41 Å². The first-order chi connectivity index (χ1) is 10.9. The molecule has 0 radical (unpaired) electrons. The van der Waals surface area contributed by atoms with E-state index in [0.29, 0.717) is 6.42 Å². The van der Waals surface area contributed by atoms with Gasteiger partial charge in [-0.15, -0.1) is 0 Å². The molecule has 134 valence electrons. The quantitative estimate of drug-likeness (QED) is 0.827. The molecule has 0 aliphatic rings. The first-order valence-electron chi connectivity index (χ1n) is 7.86. The summed E-state index contributed by atoms with van der Waals surface area (Å²) in [4.78, 5) is 23.4. The summed E-state index contributed by atoms with van der Waals surface area (Å²) < 4.78 is 18.3. The van der Waals surface area contributed by atoms with Crippen LogP contribution in [0, 0.1) is 11.2 Å². The smallest absolute Gasteiger partial charge is 0.407 e. The number of carbonyl (C=O) groups is 2. The Hall–Kier alpha value is -2.11. The zero-order valence-corrected chi connectivity index (χ0v) is 14.9. The largest absolute Gasteiger partial charge is 0.481 e. The highest BCUT2D eigenvalue weighted by Crippen LogP contribution is 2.24. The Morgan fingerprint density at radius 2 is 1.71 bits per heavy atom. The summed E-state index contributed by atoms with van der Waals surface area (Å²) in [6, 6.07) is 5.46. The number of halogens is 1. The van der Waals surface area contributed by atoms with Gasteiger partial charge in [-0.25, -0.2) is 9.18 Å². The molecule has 0 aliphatic carbocycles. The number of alkyl carbamates (subject to hydrolysis) is 1. The number of amides is 1. The van der Waals surface area contributed by atoms with Crippen LogP contribution in [0.4, 0.5) is 9.18 Å². The lowest BCUT2D eigenvalue weighted by Gasteiger charge is -2.28. The summed E-state index contributed by atoms with van der Waals surface area (Å²) >= 11 is 0. The van der Waals surface area contributed by atoms with Crippen LogP contribution in [0.5, 0.6) is 0 Å². The molecule has 0 spiro atoms. The molecule has 1 rings (SSSR count). The van der Waals surface area contributed by atoms with Gasteiger partial charge in [0.1, 0.15) is 11.4 Å². The summed E-state index contributed by atoms with van der Waals surface area (Å²) in [5.41, 5.74) is -0.856. The van der Waals surface area contributed by atoms with Gasteiger partial charge in [0, 0.05) is 6.04 Å². The van der Waals surface area contributed by atoms with Gasteiger partial charge in [0.2, 0.25) is 0 Å².